The molecule has 1 unspecified atom stereocenters. The molecular formula is C30H29Cl2N3O4. The van der Waals surface area contributed by atoms with Gasteiger partial charge in [0, 0.05) is 46.9 Å². The van der Waals surface area contributed by atoms with Crippen molar-refractivity contribution in [1.29, 1.82) is 0 Å². The minimum atomic E-state index is -0.727. The summed E-state index contributed by atoms with van der Waals surface area (Å²) < 4.78 is 5.53. The second-order valence-electron chi connectivity index (χ2n) is 9.53. The number of hydrogen-bond donors (Lipinski definition) is 3. The molecule has 0 fully saturated rings. The number of anilines is 2. The van der Waals surface area contributed by atoms with E-state index >= 15 is 0 Å². The van der Waals surface area contributed by atoms with Gasteiger partial charge in [0.15, 0.2) is 0 Å². The quantitative estimate of drug-likeness (QED) is 0.222. The second-order valence-corrected chi connectivity index (χ2v) is 10.4. The molecule has 1 aliphatic rings. The van der Waals surface area contributed by atoms with Gasteiger partial charge in [0.05, 0.1) is 5.02 Å². The van der Waals surface area contributed by atoms with Crippen molar-refractivity contribution >= 4 is 57.9 Å². The van der Waals surface area contributed by atoms with E-state index in [1.807, 2.05) is 56.3 Å². The van der Waals surface area contributed by atoms with Crippen molar-refractivity contribution in [2.24, 2.45) is 5.92 Å². The van der Waals surface area contributed by atoms with Crippen molar-refractivity contribution in [2.75, 3.05) is 10.6 Å². The lowest BCUT2D eigenvalue weighted by Crippen LogP contribution is -2.35. The average Bonchev–Trinajstić information content (AvgIpc) is 2.91. The van der Waals surface area contributed by atoms with E-state index in [-0.39, 0.29) is 30.8 Å². The van der Waals surface area contributed by atoms with Gasteiger partial charge in [-0.3, -0.25) is 9.59 Å². The van der Waals surface area contributed by atoms with Crippen LogP contribution in [0.25, 0.3) is 5.57 Å². The number of hydrogen-bond acceptors (Lipinski definition) is 5. The van der Waals surface area contributed by atoms with Crippen LogP contribution in [-0.4, -0.2) is 23.8 Å². The highest BCUT2D eigenvalue weighted by Crippen LogP contribution is 2.40. The van der Waals surface area contributed by atoms with E-state index < -0.39 is 12.0 Å². The van der Waals surface area contributed by atoms with E-state index in [1.54, 1.807) is 24.3 Å². The molecule has 0 saturated carbocycles. The maximum atomic E-state index is 13.0. The first-order chi connectivity index (χ1) is 18.7. The van der Waals surface area contributed by atoms with Crippen molar-refractivity contribution in [2.45, 2.75) is 39.5 Å². The summed E-state index contributed by atoms with van der Waals surface area (Å²) in [6.45, 7) is 4.21. The van der Waals surface area contributed by atoms with Gasteiger partial charge >= 0.3 is 5.97 Å². The highest BCUT2D eigenvalue weighted by molar-refractivity contribution is 6.36. The molecule has 9 heteroatoms. The van der Waals surface area contributed by atoms with Crippen LogP contribution in [0.15, 0.2) is 72.8 Å². The Balaban J connectivity index is 1.47. The van der Waals surface area contributed by atoms with E-state index in [2.05, 4.69) is 16.0 Å². The SMILES string of the molecule is CC(C)C(=O)NCc1ccc(NC(=O)/C=C2\CC(C(=O)OCc3ccccc3)Nc3cc(Cl)cc(Cl)c32)cc1. The topological polar surface area (TPSA) is 96.5 Å². The van der Waals surface area contributed by atoms with Crippen LogP contribution in [0.1, 0.15) is 37.0 Å². The zero-order valence-electron chi connectivity index (χ0n) is 21.6. The highest BCUT2D eigenvalue weighted by atomic mass is 35.5. The van der Waals surface area contributed by atoms with Gasteiger partial charge in [0.2, 0.25) is 11.8 Å². The maximum Gasteiger partial charge on any atom is 0.329 e. The van der Waals surface area contributed by atoms with Gasteiger partial charge < -0.3 is 20.7 Å². The number of halogens is 2. The zero-order valence-corrected chi connectivity index (χ0v) is 23.1. The molecular weight excluding hydrogens is 537 g/mol. The minimum absolute atomic E-state index is 0.0246. The number of amides is 2. The summed E-state index contributed by atoms with van der Waals surface area (Å²) in [7, 11) is 0. The lowest BCUT2D eigenvalue weighted by Gasteiger charge is -2.28. The third-order valence-electron chi connectivity index (χ3n) is 6.16. The van der Waals surface area contributed by atoms with E-state index in [0.717, 1.165) is 11.1 Å². The fraction of sp³-hybridized carbons (Fsp3) is 0.233. The summed E-state index contributed by atoms with van der Waals surface area (Å²) in [6.07, 6.45) is 1.64. The van der Waals surface area contributed by atoms with Gasteiger partial charge in [-0.2, -0.15) is 0 Å². The van der Waals surface area contributed by atoms with Crippen LogP contribution >= 0.6 is 23.2 Å². The normalized spacial score (nSPS) is 15.3. The predicted molar refractivity (Wildman–Crippen MR) is 154 cm³/mol. The third-order valence-corrected chi connectivity index (χ3v) is 6.67. The molecule has 0 aromatic heterocycles. The number of fused-ring (bicyclic) bond motifs is 1. The van der Waals surface area contributed by atoms with Crippen LogP contribution in [-0.2, 0) is 32.3 Å². The zero-order chi connectivity index (χ0) is 27.9. The Bertz CT molecular complexity index is 1390. The molecule has 0 radical (unpaired) electrons. The number of benzene rings is 3. The summed E-state index contributed by atoms with van der Waals surface area (Å²) in [5.41, 5.74) is 4.11. The molecule has 7 nitrogen and oxygen atoms in total. The number of carbonyl (C=O) groups excluding carboxylic acids is 3. The monoisotopic (exact) mass is 565 g/mol. The van der Waals surface area contributed by atoms with Crippen LogP contribution in [0.2, 0.25) is 10.0 Å². The number of rotatable bonds is 8. The molecule has 39 heavy (non-hydrogen) atoms. The molecule has 2 amide bonds. The smallest absolute Gasteiger partial charge is 0.329 e. The van der Waals surface area contributed by atoms with Crippen LogP contribution in [0.5, 0.6) is 0 Å². The molecule has 3 N–H and O–H groups in total. The van der Waals surface area contributed by atoms with E-state index in [0.29, 0.717) is 39.1 Å². The molecule has 1 aliphatic heterocycles. The van der Waals surface area contributed by atoms with Crippen molar-refractivity contribution in [1.82, 2.24) is 5.32 Å². The Labute approximate surface area is 237 Å². The fourth-order valence-electron chi connectivity index (χ4n) is 4.11. The molecule has 202 valence electrons. The van der Waals surface area contributed by atoms with Crippen LogP contribution < -0.4 is 16.0 Å². The van der Waals surface area contributed by atoms with E-state index in [4.69, 9.17) is 27.9 Å². The number of carbonyl (C=O) groups is 3. The summed E-state index contributed by atoms with van der Waals surface area (Å²) in [4.78, 5) is 37.7. The lowest BCUT2D eigenvalue weighted by molar-refractivity contribution is -0.145. The first-order valence-electron chi connectivity index (χ1n) is 12.5. The molecule has 1 atom stereocenters. The van der Waals surface area contributed by atoms with E-state index in [1.165, 1.54) is 6.08 Å². The Kier molecular flexibility index (Phi) is 9.28. The second kappa shape index (κ2) is 12.8. The molecule has 4 rings (SSSR count). The largest absolute Gasteiger partial charge is 0.459 e. The Hall–Kier alpha value is -3.81. The number of ether oxygens (including phenoxy) is 1. The molecule has 3 aromatic rings. The van der Waals surface area contributed by atoms with Crippen molar-refractivity contribution < 1.29 is 19.1 Å². The van der Waals surface area contributed by atoms with Gasteiger partial charge in [-0.25, -0.2) is 4.79 Å². The molecule has 0 spiro atoms. The first-order valence-corrected chi connectivity index (χ1v) is 13.3. The molecule has 1 heterocycles. The highest BCUT2D eigenvalue weighted by Gasteiger charge is 2.30. The van der Waals surface area contributed by atoms with Crippen molar-refractivity contribution in [3.8, 4) is 0 Å². The Morgan fingerprint density at radius 3 is 2.44 bits per heavy atom. The Morgan fingerprint density at radius 2 is 1.74 bits per heavy atom. The van der Waals surface area contributed by atoms with Crippen LogP contribution in [0.4, 0.5) is 11.4 Å². The standard InChI is InChI=1S/C30H29Cl2N3O4/c1-18(2)29(37)33-16-19-8-10-23(11-9-19)34-27(36)13-21-12-26(30(38)39-17-20-6-4-3-5-7-20)35-25-15-22(31)14-24(32)28(21)25/h3-11,13-15,18,26,35H,12,16-17H2,1-2H3,(H,33,37)(H,34,36)/b21-13+. The van der Waals surface area contributed by atoms with Gasteiger partial charge in [0.1, 0.15) is 12.6 Å². The third kappa shape index (κ3) is 7.62. The van der Waals surface area contributed by atoms with Gasteiger partial charge in [-0.05, 0) is 41.0 Å². The van der Waals surface area contributed by atoms with Gasteiger partial charge in [-0.15, -0.1) is 0 Å². The van der Waals surface area contributed by atoms with Crippen LogP contribution in [0.3, 0.4) is 0 Å². The van der Waals surface area contributed by atoms with Gasteiger partial charge in [-0.1, -0.05) is 79.5 Å². The summed E-state index contributed by atoms with van der Waals surface area (Å²) in [5.74, 6) is -0.941. The fourth-order valence-corrected chi connectivity index (χ4v) is 4.73. The average molecular weight is 566 g/mol. The molecule has 0 aliphatic carbocycles. The number of esters is 1. The number of nitrogens with one attached hydrogen (secondary N) is 3. The summed E-state index contributed by atoms with van der Waals surface area (Å²) >= 11 is 12.7. The minimum Gasteiger partial charge on any atom is -0.459 e. The van der Waals surface area contributed by atoms with Crippen LogP contribution in [0, 0.1) is 5.92 Å². The molecule has 0 bridgehead atoms. The predicted octanol–water partition coefficient (Wildman–Crippen LogP) is 6.22. The summed E-state index contributed by atoms with van der Waals surface area (Å²) in [5, 5.41) is 9.63. The Morgan fingerprint density at radius 1 is 1.03 bits per heavy atom. The lowest BCUT2D eigenvalue weighted by atomic mass is 9.91. The summed E-state index contributed by atoms with van der Waals surface area (Å²) in [6, 6.07) is 19.1. The maximum absolute atomic E-state index is 13.0. The molecule has 3 aromatic carbocycles. The van der Waals surface area contributed by atoms with Crippen molar-refractivity contribution in [3.05, 3.63) is 99.5 Å². The van der Waals surface area contributed by atoms with E-state index in [9.17, 15) is 14.4 Å². The van der Waals surface area contributed by atoms with Gasteiger partial charge in [0.25, 0.3) is 0 Å². The first kappa shape index (κ1) is 28.2. The molecule has 0 saturated heterocycles. The van der Waals surface area contributed by atoms with Crippen molar-refractivity contribution in [3.63, 3.8) is 0 Å².